The lowest BCUT2D eigenvalue weighted by molar-refractivity contribution is 0.467. The van der Waals surface area contributed by atoms with E-state index in [1.54, 1.807) is 0 Å². The molecular formula is C24H48N2O2S2. The van der Waals surface area contributed by atoms with Gasteiger partial charge >= 0.3 is 0 Å². The maximum absolute atomic E-state index is 11.6. The topological polar surface area (TPSA) is 58.2 Å². The fourth-order valence-corrected chi connectivity index (χ4v) is 6.74. The molecule has 0 aromatic heterocycles. The summed E-state index contributed by atoms with van der Waals surface area (Å²) in [4.78, 5) is 0. The molecule has 178 valence electrons. The molecule has 1 heterocycles. The SMILES string of the molecule is CCCCCCCCCCCCCCCCCCNC(=S)NC1(C)CCS(=O)(=O)C1. The zero-order valence-electron chi connectivity index (χ0n) is 19.8. The van der Waals surface area contributed by atoms with Crippen molar-refractivity contribution in [3.63, 3.8) is 0 Å². The first-order valence-corrected chi connectivity index (χ1v) is 14.9. The van der Waals surface area contributed by atoms with Crippen molar-refractivity contribution in [1.82, 2.24) is 10.6 Å². The average Bonchev–Trinajstić information content (AvgIpc) is 2.96. The highest BCUT2D eigenvalue weighted by atomic mass is 32.2. The van der Waals surface area contributed by atoms with Crippen molar-refractivity contribution in [2.24, 2.45) is 0 Å². The lowest BCUT2D eigenvalue weighted by Crippen LogP contribution is -2.51. The van der Waals surface area contributed by atoms with Gasteiger partial charge in [-0.2, -0.15) is 0 Å². The molecule has 1 fully saturated rings. The Balaban J connectivity index is 1.81. The summed E-state index contributed by atoms with van der Waals surface area (Å²) in [5.74, 6) is 0.444. The minimum atomic E-state index is -2.90. The van der Waals surface area contributed by atoms with Gasteiger partial charge in [-0.05, 0) is 32.0 Å². The summed E-state index contributed by atoms with van der Waals surface area (Å²) in [7, 11) is -2.90. The van der Waals surface area contributed by atoms with Crippen molar-refractivity contribution in [1.29, 1.82) is 0 Å². The summed E-state index contributed by atoms with van der Waals surface area (Å²) in [5, 5.41) is 7.04. The molecule has 30 heavy (non-hydrogen) atoms. The van der Waals surface area contributed by atoms with Crippen LogP contribution >= 0.6 is 12.2 Å². The lowest BCUT2D eigenvalue weighted by atomic mass is 10.0. The Morgan fingerprint density at radius 3 is 1.63 bits per heavy atom. The summed E-state index contributed by atoms with van der Waals surface area (Å²) in [6.45, 7) is 5.09. The first-order chi connectivity index (χ1) is 14.4. The van der Waals surface area contributed by atoms with Crippen LogP contribution in [0.4, 0.5) is 0 Å². The van der Waals surface area contributed by atoms with E-state index in [0.717, 1.165) is 13.0 Å². The molecule has 2 N–H and O–H groups in total. The zero-order valence-corrected chi connectivity index (χ0v) is 21.4. The Bertz CT molecular complexity index is 551. The molecule has 6 heteroatoms. The van der Waals surface area contributed by atoms with E-state index in [4.69, 9.17) is 12.2 Å². The molecule has 0 amide bonds. The van der Waals surface area contributed by atoms with Gasteiger partial charge in [-0.15, -0.1) is 0 Å². The van der Waals surface area contributed by atoms with Gasteiger partial charge in [0, 0.05) is 6.54 Å². The second kappa shape index (κ2) is 16.3. The molecule has 0 radical (unpaired) electrons. The monoisotopic (exact) mass is 460 g/mol. The van der Waals surface area contributed by atoms with Crippen LogP contribution in [0.2, 0.25) is 0 Å². The van der Waals surface area contributed by atoms with Gasteiger partial charge in [0.15, 0.2) is 14.9 Å². The quantitative estimate of drug-likeness (QED) is 0.186. The predicted octanol–water partition coefficient (Wildman–Crippen LogP) is 6.29. The summed E-state index contributed by atoms with van der Waals surface area (Å²) >= 11 is 5.33. The summed E-state index contributed by atoms with van der Waals surface area (Å²) in [5.41, 5.74) is -0.405. The number of nitrogens with one attached hydrogen (secondary N) is 2. The Hall–Kier alpha value is -0.360. The van der Waals surface area contributed by atoms with Crippen molar-refractivity contribution in [3.05, 3.63) is 0 Å². The van der Waals surface area contributed by atoms with Crippen LogP contribution < -0.4 is 10.6 Å². The molecule has 4 nitrogen and oxygen atoms in total. The third-order valence-corrected chi connectivity index (χ3v) is 8.38. The van der Waals surface area contributed by atoms with Gasteiger partial charge < -0.3 is 10.6 Å². The molecule has 0 spiro atoms. The fourth-order valence-electron chi connectivity index (χ4n) is 4.30. The maximum atomic E-state index is 11.6. The molecule has 0 aromatic carbocycles. The molecule has 1 unspecified atom stereocenters. The highest BCUT2D eigenvalue weighted by molar-refractivity contribution is 7.91. The van der Waals surface area contributed by atoms with E-state index >= 15 is 0 Å². The second-order valence-electron chi connectivity index (χ2n) is 9.59. The number of sulfone groups is 1. The van der Waals surface area contributed by atoms with Gasteiger partial charge in [-0.25, -0.2) is 8.42 Å². The van der Waals surface area contributed by atoms with Gasteiger partial charge in [0.1, 0.15) is 0 Å². The average molecular weight is 461 g/mol. The first-order valence-electron chi connectivity index (χ1n) is 12.6. The smallest absolute Gasteiger partial charge is 0.166 e. The molecular weight excluding hydrogens is 412 g/mol. The Labute approximate surface area is 192 Å². The van der Waals surface area contributed by atoms with Gasteiger partial charge in [0.05, 0.1) is 17.0 Å². The van der Waals surface area contributed by atoms with E-state index < -0.39 is 15.4 Å². The molecule has 1 rings (SSSR count). The number of hydrogen-bond donors (Lipinski definition) is 2. The Morgan fingerprint density at radius 2 is 1.23 bits per heavy atom. The number of hydrogen-bond acceptors (Lipinski definition) is 3. The number of rotatable bonds is 18. The normalized spacial score (nSPS) is 20.3. The van der Waals surface area contributed by atoms with Crippen LogP contribution in [0.1, 0.15) is 123 Å². The van der Waals surface area contributed by atoms with E-state index in [9.17, 15) is 8.42 Å². The number of unbranched alkanes of at least 4 members (excludes halogenated alkanes) is 15. The summed E-state index contributed by atoms with van der Waals surface area (Å²) in [6.07, 6.45) is 22.6. The van der Waals surface area contributed by atoms with E-state index in [0.29, 0.717) is 11.5 Å². The van der Waals surface area contributed by atoms with Crippen molar-refractivity contribution < 1.29 is 8.42 Å². The van der Waals surface area contributed by atoms with Crippen molar-refractivity contribution in [2.45, 2.75) is 129 Å². The zero-order chi connectivity index (χ0) is 22.1. The van der Waals surface area contributed by atoms with Crippen LogP contribution in [-0.2, 0) is 9.84 Å². The van der Waals surface area contributed by atoms with Gasteiger partial charge in [0.2, 0.25) is 0 Å². The van der Waals surface area contributed by atoms with Crippen LogP contribution in [0.5, 0.6) is 0 Å². The van der Waals surface area contributed by atoms with Crippen molar-refractivity contribution in [2.75, 3.05) is 18.1 Å². The van der Waals surface area contributed by atoms with Crippen LogP contribution in [-0.4, -0.2) is 37.1 Å². The summed E-state index contributed by atoms with van der Waals surface area (Å²) in [6, 6.07) is 0. The molecule has 1 aliphatic heterocycles. The predicted molar refractivity (Wildman–Crippen MR) is 135 cm³/mol. The van der Waals surface area contributed by atoms with Crippen LogP contribution in [0.25, 0.3) is 0 Å². The fraction of sp³-hybridized carbons (Fsp3) is 0.958. The minimum absolute atomic E-state index is 0.181. The van der Waals surface area contributed by atoms with E-state index in [1.165, 1.54) is 96.3 Å². The van der Waals surface area contributed by atoms with Crippen LogP contribution in [0, 0.1) is 0 Å². The third-order valence-electron chi connectivity index (χ3n) is 6.23. The van der Waals surface area contributed by atoms with Crippen molar-refractivity contribution in [3.8, 4) is 0 Å². The lowest BCUT2D eigenvalue weighted by Gasteiger charge is -2.26. The van der Waals surface area contributed by atoms with E-state index in [1.807, 2.05) is 6.92 Å². The standard InChI is InChI=1S/C24H48N2O2S2/c1-3-4-5-6-7-8-9-10-11-12-13-14-15-16-17-18-20-25-23(29)26-24(2)19-21-30(27,28)22-24/h3-22H2,1-2H3,(H2,25,26,29). The molecule has 0 aromatic rings. The molecule has 0 aliphatic carbocycles. The molecule has 0 bridgehead atoms. The Morgan fingerprint density at radius 1 is 0.800 bits per heavy atom. The van der Waals surface area contributed by atoms with Gasteiger partial charge in [-0.1, -0.05) is 103 Å². The van der Waals surface area contributed by atoms with E-state index in [2.05, 4.69) is 17.6 Å². The molecule has 0 saturated carbocycles. The second-order valence-corrected chi connectivity index (χ2v) is 12.2. The van der Waals surface area contributed by atoms with Crippen LogP contribution in [0.15, 0.2) is 0 Å². The van der Waals surface area contributed by atoms with Crippen LogP contribution in [0.3, 0.4) is 0 Å². The molecule has 1 saturated heterocycles. The molecule has 1 aliphatic rings. The minimum Gasteiger partial charge on any atom is -0.363 e. The summed E-state index contributed by atoms with van der Waals surface area (Å²) < 4.78 is 23.3. The largest absolute Gasteiger partial charge is 0.363 e. The highest BCUT2D eigenvalue weighted by Crippen LogP contribution is 2.22. The Kier molecular flexibility index (Phi) is 15.0. The van der Waals surface area contributed by atoms with Gasteiger partial charge in [0.25, 0.3) is 0 Å². The third kappa shape index (κ3) is 14.6. The van der Waals surface area contributed by atoms with E-state index in [-0.39, 0.29) is 11.5 Å². The molecule has 1 atom stereocenters. The number of thiocarbonyl (C=S) groups is 1. The van der Waals surface area contributed by atoms with Gasteiger partial charge in [-0.3, -0.25) is 0 Å². The maximum Gasteiger partial charge on any atom is 0.166 e. The highest BCUT2D eigenvalue weighted by Gasteiger charge is 2.38. The first kappa shape index (κ1) is 27.7. The van der Waals surface area contributed by atoms with Crippen molar-refractivity contribution >= 4 is 27.2 Å².